The van der Waals surface area contributed by atoms with Gasteiger partial charge in [0.15, 0.2) is 17.5 Å². The van der Waals surface area contributed by atoms with Gasteiger partial charge in [0, 0.05) is 190 Å². The molecule has 13 unspecified atom stereocenters. The number of unbranched alkanes of at least 4 members (excludes halogenated alkanes) is 1. The van der Waals surface area contributed by atoms with Gasteiger partial charge in [-0.1, -0.05) is 87.9 Å². The van der Waals surface area contributed by atoms with Gasteiger partial charge in [0.1, 0.15) is 52.0 Å². The van der Waals surface area contributed by atoms with Crippen LogP contribution >= 0.6 is 35.3 Å². The number of ketones is 10. The van der Waals surface area contributed by atoms with Gasteiger partial charge < -0.3 is 53.5 Å². The molecule has 4 bridgehead atoms. The number of aliphatic hydroxyl groups is 1. The van der Waals surface area contributed by atoms with E-state index in [4.69, 9.17) is 22.9 Å². The lowest BCUT2D eigenvalue weighted by Crippen LogP contribution is -2.57. The van der Waals surface area contributed by atoms with Crippen LogP contribution in [0.3, 0.4) is 0 Å². The number of guanidine groups is 1. The number of carboxylic acids is 1. The van der Waals surface area contributed by atoms with Gasteiger partial charge >= 0.3 is 5.97 Å². The van der Waals surface area contributed by atoms with E-state index in [2.05, 4.69) is 20.3 Å². The number of aliphatic hydroxyl groups excluding tert-OH is 1. The highest BCUT2D eigenvalue weighted by Gasteiger charge is 2.44. The lowest BCUT2D eigenvalue weighted by atomic mass is 9.78. The monoisotopic (exact) mass is 1670 g/mol. The molecule has 0 spiro atoms. The van der Waals surface area contributed by atoms with Crippen molar-refractivity contribution in [3.05, 3.63) is 119 Å². The number of hydrogen-bond acceptors (Lipinski definition) is 22. The molecule has 4 aromatic rings. The maximum Gasteiger partial charge on any atom is 0.304 e. The Morgan fingerprint density at radius 2 is 1.13 bits per heavy atom. The van der Waals surface area contributed by atoms with Gasteiger partial charge in [0.2, 0.25) is 23.6 Å². The zero-order valence-electron chi connectivity index (χ0n) is 67.6. The predicted molar refractivity (Wildman–Crippen MR) is 447 cm³/mol. The topological polar surface area (TPSA) is 477 Å². The van der Waals surface area contributed by atoms with E-state index < -0.39 is 204 Å². The van der Waals surface area contributed by atoms with Crippen LogP contribution in [0.15, 0.2) is 90.3 Å². The number of aromatic nitrogens is 2. The summed E-state index contributed by atoms with van der Waals surface area (Å²) < 4.78 is 0. The van der Waals surface area contributed by atoms with E-state index in [0.29, 0.717) is 29.7 Å². The second kappa shape index (κ2) is 48.2. The number of thioether (sulfide) groups is 3. The molecule has 1 fully saturated rings. The Hall–Kier alpha value is -9.00. The molecule has 4 amide bonds. The van der Waals surface area contributed by atoms with Crippen LogP contribution in [0.25, 0.3) is 0 Å². The highest BCUT2D eigenvalue weighted by atomic mass is 32.2. The number of nitrogens with one attached hydrogen (secondary N) is 2. The van der Waals surface area contributed by atoms with Crippen molar-refractivity contribution < 1.29 is 87.2 Å². The largest absolute Gasteiger partial charge is 0.508 e. The van der Waals surface area contributed by atoms with E-state index in [-0.39, 0.29) is 167 Å². The number of fused-ring (bicyclic) bond motifs is 6. The lowest BCUT2D eigenvalue weighted by molar-refractivity contribution is -0.151. The number of phenols is 1. The van der Waals surface area contributed by atoms with Crippen molar-refractivity contribution in [1.29, 1.82) is 0 Å². The second-order valence-electron chi connectivity index (χ2n) is 32.6. The number of carbonyl (C=O) groups is 15. The minimum Gasteiger partial charge on any atom is -0.508 e. The first-order valence-corrected chi connectivity index (χ1v) is 44.1. The molecule has 7 rings (SSSR count). The number of phenolic OH excluding ortho intramolecular Hbond substituents is 1. The minimum atomic E-state index is -1.44. The summed E-state index contributed by atoms with van der Waals surface area (Å²) in [6.07, 6.45) is -0.286. The number of benzene rings is 3. The Kier molecular flexibility index (Phi) is 39.2. The predicted octanol–water partition coefficient (Wildman–Crippen LogP) is 8.55. The molecular weight excluding hydrogens is 1560 g/mol. The van der Waals surface area contributed by atoms with Gasteiger partial charge in [-0.2, -0.15) is 35.3 Å². The number of rotatable bonds is 21. The van der Waals surface area contributed by atoms with Gasteiger partial charge in [-0.15, -0.1) is 0 Å². The molecule has 1 aromatic heterocycles. The van der Waals surface area contributed by atoms with Crippen LogP contribution < -0.4 is 28.3 Å². The Balaban J connectivity index is 1.34. The molecule has 3 aliphatic rings. The van der Waals surface area contributed by atoms with Gasteiger partial charge in [0.05, 0.1) is 37.4 Å². The first-order chi connectivity index (χ1) is 55.7. The maximum atomic E-state index is 15.6. The number of carbonyl (C=O) groups excluding carboxylic acids is 14. The first kappa shape index (κ1) is 95.1. The molecule has 13 N–H and O–H groups in total. The molecule has 1 saturated heterocycles. The average Bonchev–Trinajstić information content (AvgIpc) is 0.822. The van der Waals surface area contributed by atoms with Crippen molar-refractivity contribution in [3.8, 4) is 5.75 Å². The number of aromatic amines is 1. The average molecular weight is 1670 g/mol. The fourth-order valence-electron chi connectivity index (χ4n) is 15.8. The number of nitrogens with two attached hydrogens (primary N) is 4. The second-order valence-corrected chi connectivity index (χ2v) is 35.7. The first-order valence-electron chi connectivity index (χ1n) is 40.7. The van der Waals surface area contributed by atoms with Crippen molar-refractivity contribution in [2.24, 2.45) is 98.9 Å². The van der Waals surface area contributed by atoms with Gasteiger partial charge in [0.25, 0.3) is 0 Å². The lowest BCUT2D eigenvalue weighted by Gasteiger charge is -2.42. The fraction of sp³-hybridized carbons (Fsp3) is 0.575. The maximum absolute atomic E-state index is 15.6. The Morgan fingerprint density at radius 3 is 1.72 bits per heavy atom. The Morgan fingerprint density at radius 1 is 0.581 bits per heavy atom. The Bertz CT molecular complexity index is 4140. The van der Waals surface area contributed by atoms with Crippen LogP contribution in [0.4, 0.5) is 0 Å². The van der Waals surface area contributed by atoms with Gasteiger partial charge in [-0.3, -0.25) is 76.9 Å². The number of aliphatic imine (C=N–C) groups is 1. The van der Waals surface area contributed by atoms with Crippen molar-refractivity contribution in [1.82, 2.24) is 20.2 Å². The number of aromatic hydroxyl groups is 1. The van der Waals surface area contributed by atoms with E-state index in [0.717, 1.165) is 16.7 Å². The summed E-state index contributed by atoms with van der Waals surface area (Å²) in [7, 11) is 0. The van der Waals surface area contributed by atoms with E-state index >= 15 is 19.2 Å². The van der Waals surface area contributed by atoms with E-state index in [1.165, 1.54) is 65.6 Å². The number of aliphatic carboxylic acids is 1. The van der Waals surface area contributed by atoms with Gasteiger partial charge in [-0.25, -0.2) is 4.98 Å². The van der Waals surface area contributed by atoms with Crippen molar-refractivity contribution in [3.63, 3.8) is 0 Å². The van der Waals surface area contributed by atoms with Gasteiger partial charge in [-0.05, 0) is 116 Å². The van der Waals surface area contributed by atoms with E-state index in [1.807, 2.05) is 39.0 Å². The summed E-state index contributed by atoms with van der Waals surface area (Å²) in [5.41, 5.74) is 27.2. The summed E-state index contributed by atoms with van der Waals surface area (Å²) in [5, 5.41) is 34.2. The van der Waals surface area contributed by atoms with Crippen LogP contribution in [0.2, 0.25) is 0 Å². The summed E-state index contributed by atoms with van der Waals surface area (Å²) in [5.74, 6) is -19.7. The molecule has 3 aromatic carbocycles. The molecule has 636 valence electrons. The van der Waals surface area contributed by atoms with Crippen molar-refractivity contribution in [2.45, 2.75) is 205 Å². The van der Waals surface area contributed by atoms with Crippen LogP contribution in [-0.4, -0.2) is 173 Å². The minimum absolute atomic E-state index is 0.00454. The molecule has 0 saturated carbocycles. The number of Topliss-reactive ketones (excluding diaryl/α,β-unsaturated/α-hetero) is 10. The molecule has 0 aliphatic carbocycles. The highest BCUT2D eigenvalue weighted by molar-refractivity contribution is 7.99. The molecular formula is C87H117N9O18S3. The SMILES string of the molecule is CC(=O)NC1CSCc2cc3cc(c2)CSCC(CC(=O)C(CCCCN=C(N)N)CC(=O)C(Cc2ccc(O)cc2)CC(=O)C2CCN2C(=O)C(Cc2ccccc2)CC(=O)C(CO)CC1=O)C(=O)CC(C)CCC(Cc1cnc[nH]1)C(=O)CC(CCC(N)=O)C(=O)CC(CC(=O)O)C(=O)CC(CC(C)C)C(=O)CC(C(N)=O)CSC3. The van der Waals surface area contributed by atoms with Crippen LogP contribution in [0, 0.1) is 71.0 Å². The zero-order chi connectivity index (χ0) is 85.4. The van der Waals surface area contributed by atoms with E-state index in [1.54, 1.807) is 48.7 Å². The standard InChI is InChI=1S/C87H117N9O18S3/c1-51(2)24-62-34-78(105)64(41-84(111)112)35-75(102)61(17-20-83(88)110)33-74(101)60(31-69-42-92-50-94-69)16-13-52(3)25-73(100)67-39-76(103)59(12-8-9-22-93-87(90)91)32-77(104)63(29-55-14-18-70(99)19-15-55)36-82(109)72-21-23-96(72)86(114)65(30-54-10-6-5-7-11-54)37-80(107)66(43-97)38-81(108)71(95-53(4)98)49-117-46-58-27-56(44-115-47-67)26-57(28-58)45-116-48-68(85(89)113)40-79(62)106/h5-7,10-11,14-15,18-19,26-28,42,50-52,59-68,71-72,97,99H,8-9,12-13,16-17,20-25,29-41,43-49H2,1-4H3,(H2,88,110)(H2,89,113)(H,92,94)(H,95,98)(H,111,112)(H4,90,91,93). The molecule has 13 atom stereocenters. The number of primary amides is 2. The van der Waals surface area contributed by atoms with Crippen molar-refractivity contribution in [2.75, 3.05) is 37.0 Å². The Labute approximate surface area is 697 Å². The van der Waals surface area contributed by atoms with Crippen LogP contribution in [0.5, 0.6) is 5.75 Å². The normalized spacial score (nSPS) is 25.4. The number of carboxylic acid groups (broad SMARTS) is 1. The zero-order valence-corrected chi connectivity index (χ0v) is 70.1. The highest BCUT2D eigenvalue weighted by Crippen LogP contribution is 2.36. The fourth-order valence-corrected chi connectivity index (χ4v) is 19.0. The smallest absolute Gasteiger partial charge is 0.304 e. The van der Waals surface area contributed by atoms with Crippen LogP contribution in [0.1, 0.15) is 190 Å². The summed E-state index contributed by atoms with van der Waals surface area (Å²) >= 11 is 3.98. The summed E-state index contributed by atoms with van der Waals surface area (Å²) in [6.45, 7) is 6.34. The number of amides is 4. The molecule has 4 heterocycles. The summed E-state index contributed by atoms with van der Waals surface area (Å²) in [6, 6.07) is 18.7. The summed E-state index contributed by atoms with van der Waals surface area (Å²) in [4.78, 5) is 228. The molecule has 27 nitrogen and oxygen atoms in total. The third kappa shape index (κ3) is 32.3. The number of H-pyrrole nitrogens is 1. The third-order valence-corrected chi connectivity index (χ3v) is 25.9. The number of nitrogens with zero attached hydrogens (tertiary/aromatic N) is 3. The molecule has 117 heavy (non-hydrogen) atoms. The quantitative estimate of drug-likeness (QED) is 0.0214. The molecule has 3 aliphatic heterocycles. The van der Waals surface area contributed by atoms with Crippen LogP contribution in [-0.2, 0) is 108 Å². The van der Waals surface area contributed by atoms with E-state index in [9.17, 15) is 68.1 Å². The number of hydrogen-bond donors (Lipinski definition) is 9. The molecule has 30 heteroatoms. The third-order valence-electron chi connectivity index (χ3n) is 22.4. The molecule has 0 radical (unpaired) electrons. The van der Waals surface area contributed by atoms with Crippen molar-refractivity contribution >= 4 is 129 Å². The number of imidazole rings is 1.